The van der Waals surface area contributed by atoms with Crippen molar-refractivity contribution in [1.29, 1.82) is 0 Å². The van der Waals surface area contributed by atoms with Gasteiger partial charge in [0.15, 0.2) is 0 Å². The second-order valence-corrected chi connectivity index (χ2v) is 10.1. The molecule has 0 saturated carbocycles. The van der Waals surface area contributed by atoms with Crippen LogP contribution in [0.5, 0.6) is 0 Å². The Bertz CT molecular complexity index is 1120. The van der Waals surface area contributed by atoms with Crippen molar-refractivity contribution in [2.75, 3.05) is 13.1 Å². The van der Waals surface area contributed by atoms with Gasteiger partial charge in [0, 0.05) is 34.1 Å². The fraction of sp³-hybridized carbons (Fsp3) is 0.423. The minimum absolute atomic E-state index is 0.441. The molecule has 7 heteroatoms. The number of benzene rings is 2. The number of hydrogen-bond donors (Lipinski definition) is 0. The minimum Gasteiger partial charge on any atom is -0.550 e. The summed E-state index contributed by atoms with van der Waals surface area (Å²) in [6.07, 6.45) is 2.15. The van der Waals surface area contributed by atoms with Crippen molar-refractivity contribution >= 4 is 17.6 Å². The molecule has 1 aliphatic heterocycles. The molecule has 0 atom stereocenters. The molecule has 0 amide bonds. The maximum Gasteiger partial charge on any atom is 0.258 e. The molecule has 33 heavy (non-hydrogen) atoms. The SMILES string of the molecule is CC(C)Cc1ccc(-c2nc(-c3ccc(CN4CCC(C)(C(=O)[O-])CC4)cc3)no2)cc1Cl. The normalized spacial score (nSPS) is 16.3. The van der Waals surface area contributed by atoms with Crippen LogP contribution in [-0.2, 0) is 17.8 Å². The number of aliphatic carboxylic acids is 1. The number of aromatic nitrogens is 2. The Morgan fingerprint density at radius 3 is 2.42 bits per heavy atom. The van der Waals surface area contributed by atoms with Gasteiger partial charge in [-0.25, -0.2) is 0 Å². The fourth-order valence-electron chi connectivity index (χ4n) is 4.17. The predicted octanol–water partition coefficient (Wildman–Crippen LogP) is 4.61. The Labute approximate surface area is 199 Å². The summed E-state index contributed by atoms with van der Waals surface area (Å²) in [5.74, 6) is 0.557. The Morgan fingerprint density at radius 1 is 1.15 bits per heavy atom. The van der Waals surface area contributed by atoms with E-state index in [1.165, 1.54) is 0 Å². The number of carbonyl (C=O) groups excluding carboxylic acids is 1. The third kappa shape index (κ3) is 5.45. The van der Waals surface area contributed by atoms with E-state index in [-0.39, 0.29) is 0 Å². The summed E-state index contributed by atoms with van der Waals surface area (Å²) in [5.41, 5.74) is 3.24. The van der Waals surface area contributed by atoms with Gasteiger partial charge < -0.3 is 14.4 Å². The lowest BCUT2D eigenvalue weighted by Gasteiger charge is -2.40. The highest BCUT2D eigenvalue weighted by Crippen LogP contribution is 2.31. The van der Waals surface area contributed by atoms with Crippen LogP contribution in [0, 0.1) is 11.3 Å². The predicted molar refractivity (Wildman–Crippen MR) is 126 cm³/mol. The Kier molecular flexibility index (Phi) is 6.86. The first-order chi connectivity index (χ1) is 15.7. The first kappa shape index (κ1) is 23.5. The van der Waals surface area contributed by atoms with E-state index in [2.05, 4.69) is 41.0 Å². The highest BCUT2D eigenvalue weighted by Gasteiger charge is 2.31. The summed E-state index contributed by atoms with van der Waals surface area (Å²) in [5, 5.41) is 16.2. The van der Waals surface area contributed by atoms with Gasteiger partial charge in [0.05, 0.1) is 0 Å². The van der Waals surface area contributed by atoms with Crippen molar-refractivity contribution < 1.29 is 14.4 Å². The second kappa shape index (κ2) is 9.65. The van der Waals surface area contributed by atoms with Crippen LogP contribution >= 0.6 is 11.6 Å². The van der Waals surface area contributed by atoms with Crippen LogP contribution in [0.1, 0.15) is 44.7 Å². The summed E-state index contributed by atoms with van der Waals surface area (Å²) >= 11 is 6.45. The van der Waals surface area contributed by atoms with Crippen LogP contribution in [0.25, 0.3) is 22.8 Å². The fourth-order valence-corrected chi connectivity index (χ4v) is 4.43. The molecule has 0 bridgehead atoms. The Hall–Kier alpha value is -2.70. The van der Waals surface area contributed by atoms with Crippen molar-refractivity contribution in [3.8, 4) is 22.8 Å². The van der Waals surface area contributed by atoms with Crippen LogP contribution in [-0.4, -0.2) is 34.1 Å². The second-order valence-electron chi connectivity index (χ2n) is 9.65. The highest BCUT2D eigenvalue weighted by molar-refractivity contribution is 6.31. The quantitative estimate of drug-likeness (QED) is 0.505. The lowest BCUT2D eigenvalue weighted by molar-refractivity contribution is -0.320. The van der Waals surface area contributed by atoms with E-state index in [4.69, 9.17) is 16.1 Å². The smallest absolute Gasteiger partial charge is 0.258 e. The molecule has 3 aromatic rings. The van der Waals surface area contributed by atoms with Gasteiger partial charge in [-0.05, 0) is 61.5 Å². The molecule has 1 saturated heterocycles. The summed E-state index contributed by atoms with van der Waals surface area (Å²) in [4.78, 5) is 18.1. The molecule has 1 aromatic heterocycles. The van der Waals surface area contributed by atoms with Gasteiger partial charge in [0.25, 0.3) is 5.89 Å². The van der Waals surface area contributed by atoms with Crippen LogP contribution in [0.2, 0.25) is 5.02 Å². The third-order valence-corrected chi connectivity index (χ3v) is 6.78. The van der Waals surface area contributed by atoms with E-state index in [0.29, 0.717) is 35.5 Å². The van der Waals surface area contributed by atoms with Gasteiger partial charge in [0.2, 0.25) is 5.82 Å². The number of carbonyl (C=O) groups is 1. The highest BCUT2D eigenvalue weighted by atomic mass is 35.5. The summed E-state index contributed by atoms with van der Waals surface area (Å²) < 4.78 is 5.49. The zero-order valence-electron chi connectivity index (χ0n) is 19.3. The maximum atomic E-state index is 11.3. The van der Waals surface area contributed by atoms with Crippen LogP contribution in [0.15, 0.2) is 47.0 Å². The first-order valence-electron chi connectivity index (χ1n) is 11.4. The van der Waals surface area contributed by atoms with Gasteiger partial charge in [-0.15, -0.1) is 0 Å². The number of halogens is 1. The summed E-state index contributed by atoms with van der Waals surface area (Å²) in [6.45, 7) is 8.39. The van der Waals surface area contributed by atoms with Crippen LogP contribution in [0.3, 0.4) is 0 Å². The van der Waals surface area contributed by atoms with E-state index < -0.39 is 11.4 Å². The van der Waals surface area contributed by atoms with E-state index in [1.54, 1.807) is 6.92 Å². The Morgan fingerprint density at radius 2 is 1.82 bits per heavy atom. The monoisotopic (exact) mass is 466 g/mol. The van der Waals surface area contributed by atoms with Crippen molar-refractivity contribution in [3.63, 3.8) is 0 Å². The lowest BCUT2D eigenvalue weighted by atomic mass is 9.80. The van der Waals surface area contributed by atoms with Crippen molar-refractivity contribution in [1.82, 2.24) is 15.0 Å². The molecule has 0 radical (unpaired) electrons. The van der Waals surface area contributed by atoms with Gasteiger partial charge in [0.1, 0.15) is 0 Å². The molecule has 1 fully saturated rings. The van der Waals surface area contributed by atoms with Gasteiger partial charge in [-0.1, -0.05) is 67.9 Å². The van der Waals surface area contributed by atoms with Crippen LogP contribution in [0.4, 0.5) is 0 Å². The minimum atomic E-state index is -0.945. The molecule has 6 nitrogen and oxygen atoms in total. The topological polar surface area (TPSA) is 82.3 Å². The standard InChI is InChI=1S/C26H30ClN3O3/c1-17(2)14-20-8-9-21(15-22(20)27)24-28-23(29-33-24)19-6-4-18(5-7-19)16-30-12-10-26(3,11-13-30)25(31)32/h4-9,15,17H,10-14,16H2,1-3H3,(H,31,32)/p-1. The maximum absolute atomic E-state index is 11.3. The number of nitrogens with zero attached hydrogens (tertiary/aromatic N) is 3. The molecule has 0 spiro atoms. The number of likely N-dealkylation sites (tertiary alicyclic amines) is 1. The molecular weight excluding hydrogens is 438 g/mol. The Balaban J connectivity index is 1.40. The molecular formula is C26H29ClN3O3-. The molecule has 1 aliphatic rings. The molecule has 0 unspecified atom stereocenters. The average Bonchev–Trinajstić information content (AvgIpc) is 3.27. The number of carboxylic acids is 1. The largest absolute Gasteiger partial charge is 0.550 e. The summed E-state index contributed by atoms with van der Waals surface area (Å²) in [6, 6.07) is 13.9. The molecule has 0 N–H and O–H groups in total. The zero-order chi connectivity index (χ0) is 23.6. The third-order valence-electron chi connectivity index (χ3n) is 6.42. The van der Waals surface area contributed by atoms with Gasteiger partial charge in [-0.3, -0.25) is 4.90 Å². The molecule has 2 heterocycles. The number of carboxylic acid groups (broad SMARTS) is 1. The molecule has 0 aliphatic carbocycles. The zero-order valence-corrected chi connectivity index (χ0v) is 20.1. The van der Waals surface area contributed by atoms with E-state index >= 15 is 0 Å². The van der Waals surface area contributed by atoms with Crippen molar-refractivity contribution in [2.24, 2.45) is 11.3 Å². The van der Waals surface area contributed by atoms with Crippen molar-refractivity contribution in [2.45, 2.75) is 46.6 Å². The molecule has 2 aromatic carbocycles. The van der Waals surface area contributed by atoms with Gasteiger partial charge >= 0.3 is 0 Å². The van der Waals surface area contributed by atoms with Crippen LogP contribution < -0.4 is 5.11 Å². The number of piperidine rings is 1. The van der Waals surface area contributed by atoms with Crippen molar-refractivity contribution in [3.05, 3.63) is 58.6 Å². The van der Waals surface area contributed by atoms with E-state index in [9.17, 15) is 9.90 Å². The molecule has 4 rings (SSSR count). The lowest BCUT2D eigenvalue weighted by Crippen LogP contribution is -2.48. The number of hydrogen-bond acceptors (Lipinski definition) is 6. The van der Waals surface area contributed by atoms with Gasteiger partial charge in [-0.2, -0.15) is 4.98 Å². The first-order valence-corrected chi connectivity index (χ1v) is 11.8. The van der Waals surface area contributed by atoms with E-state index in [1.807, 2.05) is 30.3 Å². The average molecular weight is 467 g/mol. The molecule has 174 valence electrons. The number of rotatable bonds is 7. The van der Waals surface area contributed by atoms with E-state index in [0.717, 1.165) is 48.3 Å². The summed E-state index contributed by atoms with van der Waals surface area (Å²) in [7, 11) is 0.